The van der Waals surface area contributed by atoms with Crippen molar-refractivity contribution in [2.75, 3.05) is 6.26 Å². The molecule has 1 nitrogen and oxygen atoms in total. The maximum Gasteiger partial charge on any atom is 0.120 e. The molecule has 0 fully saturated rings. The van der Waals surface area contributed by atoms with Gasteiger partial charge in [-0.3, -0.25) is 0 Å². The molecule has 1 rings (SSSR count). The number of thioether (sulfide) groups is 1. The van der Waals surface area contributed by atoms with Gasteiger partial charge < -0.3 is 5.11 Å². The summed E-state index contributed by atoms with van der Waals surface area (Å²) in [7, 11) is 0. The first-order valence-electron chi connectivity index (χ1n) is 4.85. The van der Waals surface area contributed by atoms with Crippen molar-refractivity contribution in [3.8, 4) is 11.8 Å². The first kappa shape index (κ1) is 12.2. The highest BCUT2D eigenvalue weighted by molar-refractivity contribution is 7.97. The third kappa shape index (κ3) is 4.42. The highest BCUT2D eigenvalue weighted by atomic mass is 32.2. The Hall–Kier alpha value is -0.910. The van der Waals surface area contributed by atoms with Gasteiger partial charge in [-0.2, -0.15) is 11.8 Å². The minimum absolute atomic E-state index is 0.924. The van der Waals surface area contributed by atoms with Gasteiger partial charge in [0.15, 0.2) is 0 Å². The van der Waals surface area contributed by atoms with Crippen molar-refractivity contribution in [3.63, 3.8) is 0 Å². The molecule has 1 N–H and O–H groups in total. The van der Waals surface area contributed by atoms with E-state index in [0.29, 0.717) is 0 Å². The van der Waals surface area contributed by atoms with Crippen molar-refractivity contribution < 1.29 is 5.11 Å². The van der Waals surface area contributed by atoms with E-state index in [1.165, 1.54) is 5.56 Å². The van der Waals surface area contributed by atoms with Crippen molar-refractivity contribution in [2.45, 2.75) is 25.2 Å². The van der Waals surface area contributed by atoms with Crippen molar-refractivity contribution in [3.05, 3.63) is 35.4 Å². The predicted molar refractivity (Wildman–Crippen MR) is 66.8 cm³/mol. The van der Waals surface area contributed by atoms with E-state index in [1.54, 1.807) is 25.6 Å². The summed E-state index contributed by atoms with van der Waals surface area (Å²) in [5.74, 6) is 6.81. The van der Waals surface area contributed by atoms with Crippen molar-refractivity contribution in [1.82, 2.24) is 0 Å². The van der Waals surface area contributed by atoms with Crippen molar-refractivity contribution in [1.29, 1.82) is 0 Å². The first-order valence-corrected chi connectivity index (χ1v) is 6.25. The standard InChI is InChI=1S/C13H16OS/c1-13(2,14)9-8-11-6-4-5-7-12(11)10-15-3/h4-7,14H,10H2,1-3H3. The molecule has 1 aromatic rings. The van der Waals surface area contributed by atoms with Crippen LogP contribution in [-0.4, -0.2) is 17.0 Å². The molecule has 0 atom stereocenters. The fraction of sp³-hybridized carbons (Fsp3) is 0.385. The van der Waals surface area contributed by atoms with Gasteiger partial charge in [-0.1, -0.05) is 30.0 Å². The summed E-state index contributed by atoms with van der Waals surface area (Å²) in [5, 5.41) is 9.52. The van der Waals surface area contributed by atoms with Crippen molar-refractivity contribution >= 4 is 11.8 Å². The van der Waals surface area contributed by atoms with Gasteiger partial charge in [-0.05, 0) is 31.7 Å². The largest absolute Gasteiger partial charge is 0.378 e. The normalized spacial score (nSPS) is 10.7. The molecule has 1 aromatic carbocycles. The summed E-state index contributed by atoms with van der Waals surface area (Å²) in [4.78, 5) is 0. The Bertz CT molecular complexity index is 380. The molecule has 0 amide bonds. The quantitative estimate of drug-likeness (QED) is 0.773. The van der Waals surface area contributed by atoms with Crippen LogP contribution < -0.4 is 0 Å². The predicted octanol–water partition coefficient (Wildman–Crippen LogP) is 2.67. The van der Waals surface area contributed by atoms with E-state index in [-0.39, 0.29) is 0 Å². The lowest BCUT2D eigenvalue weighted by molar-refractivity contribution is 0.143. The van der Waals surface area contributed by atoms with Gasteiger partial charge in [0.1, 0.15) is 5.60 Å². The van der Waals surface area contributed by atoms with Crippen LogP contribution in [0.5, 0.6) is 0 Å². The third-order valence-electron chi connectivity index (χ3n) is 1.82. The van der Waals surface area contributed by atoms with Crippen LogP contribution in [-0.2, 0) is 5.75 Å². The maximum absolute atomic E-state index is 9.52. The van der Waals surface area contributed by atoms with Crippen LogP contribution in [0, 0.1) is 11.8 Å². The molecule has 0 aliphatic heterocycles. The number of benzene rings is 1. The first-order chi connectivity index (χ1) is 7.03. The molecular weight excluding hydrogens is 204 g/mol. The molecule has 0 aromatic heterocycles. The number of hydrogen-bond donors (Lipinski definition) is 1. The summed E-state index contributed by atoms with van der Waals surface area (Å²) in [5.41, 5.74) is 1.31. The second-order valence-corrected chi connectivity index (χ2v) is 4.77. The summed E-state index contributed by atoms with van der Waals surface area (Å²) >= 11 is 1.77. The fourth-order valence-corrected chi connectivity index (χ4v) is 1.71. The molecule has 0 saturated carbocycles. The zero-order valence-corrected chi connectivity index (χ0v) is 10.2. The van der Waals surface area contributed by atoms with Gasteiger partial charge in [0.05, 0.1) is 0 Å². The summed E-state index contributed by atoms with van der Waals surface area (Å²) in [6.45, 7) is 3.38. The fourth-order valence-electron chi connectivity index (χ4n) is 1.14. The second kappa shape index (κ2) is 5.25. The molecule has 2 heteroatoms. The minimum Gasteiger partial charge on any atom is -0.378 e. The van der Waals surface area contributed by atoms with Gasteiger partial charge in [0, 0.05) is 11.3 Å². The van der Waals surface area contributed by atoms with E-state index in [1.807, 2.05) is 18.2 Å². The zero-order valence-electron chi connectivity index (χ0n) is 9.37. The van der Waals surface area contributed by atoms with E-state index in [4.69, 9.17) is 0 Å². The molecule has 0 aliphatic rings. The molecule has 0 bridgehead atoms. The molecule has 0 spiro atoms. The number of rotatable bonds is 2. The minimum atomic E-state index is -0.924. The van der Waals surface area contributed by atoms with Gasteiger partial charge in [0.2, 0.25) is 0 Å². The summed E-state index contributed by atoms with van der Waals surface area (Å²) < 4.78 is 0. The Kier molecular flexibility index (Phi) is 4.26. The average Bonchev–Trinajstić information content (AvgIpc) is 2.16. The number of hydrogen-bond acceptors (Lipinski definition) is 2. The van der Waals surface area contributed by atoms with Crippen molar-refractivity contribution in [2.24, 2.45) is 0 Å². The average molecular weight is 220 g/mol. The summed E-state index contributed by atoms with van der Waals surface area (Å²) in [6.07, 6.45) is 2.07. The van der Waals surface area contributed by atoms with Crippen LogP contribution in [0.25, 0.3) is 0 Å². The topological polar surface area (TPSA) is 20.2 Å². The zero-order chi connectivity index (χ0) is 11.3. The van der Waals surface area contributed by atoms with Crippen LogP contribution in [0.1, 0.15) is 25.0 Å². The Morgan fingerprint density at radius 2 is 2.00 bits per heavy atom. The third-order valence-corrected chi connectivity index (χ3v) is 2.42. The van der Waals surface area contributed by atoms with Crippen LogP contribution >= 0.6 is 11.8 Å². The molecule has 15 heavy (non-hydrogen) atoms. The smallest absolute Gasteiger partial charge is 0.120 e. The van der Waals surface area contributed by atoms with Crippen LogP contribution in [0.15, 0.2) is 24.3 Å². The Balaban J connectivity index is 2.97. The molecule has 0 heterocycles. The van der Waals surface area contributed by atoms with E-state index in [2.05, 4.69) is 24.2 Å². The molecule has 80 valence electrons. The molecule has 0 radical (unpaired) electrons. The van der Waals surface area contributed by atoms with Gasteiger partial charge >= 0.3 is 0 Å². The SMILES string of the molecule is CSCc1ccccc1C#CC(C)(C)O. The van der Waals surface area contributed by atoms with Gasteiger partial charge in [-0.15, -0.1) is 0 Å². The Morgan fingerprint density at radius 1 is 1.33 bits per heavy atom. The van der Waals surface area contributed by atoms with Crippen LogP contribution in [0.3, 0.4) is 0 Å². The summed E-state index contributed by atoms with van der Waals surface area (Å²) in [6, 6.07) is 8.05. The van der Waals surface area contributed by atoms with Crippen LogP contribution in [0.4, 0.5) is 0 Å². The van der Waals surface area contributed by atoms with E-state index >= 15 is 0 Å². The lowest BCUT2D eigenvalue weighted by atomic mass is 10.1. The lowest BCUT2D eigenvalue weighted by Gasteiger charge is -2.07. The van der Waals surface area contributed by atoms with Gasteiger partial charge in [0.25, 0.3) is 0 Å². The van der Waals surface area contributed by atoms with E-state index in [0.717, 1.165) is 11.3 Å². The molecule has 0 saturated heterocycles. The highest BCUT2D eigenvalue weighted by Crippen LogP contribution is 2.14. The highest BCUT2D eigenvalue weighted by Gasteiger charge is 2.06. The lowest BCUT2D eigenvalue weighted by Crippen LogP contribution is -2.14. The van der Waals surface area contributed by atoms with Crippen LogP contribution in [0.2, 0.25) is 0 Å². The Morgan fingerprint density at radius 3 is 2.60 bits per heavy atom. The van der Waals surface area contributed by atoms with Gasteiger partial charge in [-0.25, -0.2) is 0 Å². The molecule has 0 unspecified atom stereocenters. The number of aliphatic hydroxyl groups is 1. The van der Waals surface area contributed by atoms with E-state index in [9.17, 15) is 5.11 Å². The monoisotopic (exact) mass is 220 g/mol. The van der Waals surface area contributed by atoms with E-state index < -0.39 is 5.60 Å². The molecular formula is C13H16OS. The Labute approximate surface area is 95.9 Å². The second-order valence-electron chi connectivity index (χ2n) is 3.90. The maximum atomic E-state index is 9.52. The molecule has 0 aliphatic carbocycles.